The topological polar surface area (TPSA) is 63.9 Å². The molecule has 8 heteroatoms. The van der Waals surface area contributed by atoms with Crippen LogP contribution in [0.4, 0.5) is 5.69 Å². The number of aryl methyl sites for hydroxylation is 1. The highest BCUT2D eigenvalue weighted by atomic mass is 32.2. The summed E-state index contributed by atoms with van der Waals surface area (Å²) >= 11 is 3.26. The van der Waals surface area contributed by atoms with Crippen molar-refractivity contribution in [3.63, 3.8) is 0 Å². The fourth-order valence-electron chi connectivity index (χ4n) is 3.93. The minimum absolute atomic E-state index is 0.0797. The molecule has 5 rings (SSSR count). The number of amides is 1. The average Bonchev–Trinajstić information content (AvgIpc) is 3.20. The van der Waals surface area contributed by atoms with E-state index in [9.17, 15) is 4.79 Å². The summed E-state index contributed by atoms with van der Waals surface area (Å²) in [4.78, 5) is 20.6. The van der Waals surface area contributed by atoms with Crippen molar-refractivity contribution in [2.24, 2.45) is 0 Å². The van der Waals surface area contributed by atoms with Crippen molar-refractivity contribution in [3.8, 4) is 17.1 Å². The molecule has 34 heavy (non-hydrogen) atoms. The molecule has 1 atom stereocenters. The van der Waals surface area contributed by atoms with Crippen LogP contribution in [0.3, 0.4) is 0 Å². The lowest BCUT2D eigenvalue weighted by Gasteiger charge is -2.22. The van der Waals surface area contributed by atoms with Gasteiger partial charge >= 0.3 is 0 Å². The van der Waals surface area contributed by atoms with Crippen molar-refractivity contribution in [1.82, 2.24) is 19.7 Å². The summed E-state index contributed by atoms with van der Waals surface area (Å²) in [5, 5.41) is 10.1. The molecule has 0 spiro atoms. The zero-order chi connectivity index (χ0) is 23.5. The minimum Gasteiger partial charge on any atom is -0.311 e. The third-order valence-electron chi connectivity index (χ3n) is 5.73. The van der Waals surface area contributed by atoms with Crippen molar-refractivity contribution >= 4 is 35.1 Å². The van der Waals surface area contributed by atoms with Crippen molar-refractivity contribution < 1.29 is 4.79 Å². The standard InChI is InChI=1S/C26H25N5OS2/c1-18-7-9-21(10-8-18)31-25(20-11-14-27-15-12-20)28-29-26(31)33-17-24(32)30-16-13-19(2)34-23-6-4-3-5-22(23)30/h3-12,14-15,19H,13,16-17H2,1-2H3/t19-/m1/s1. The zero-order valence-electron chi connectivity index (χ0n) is 19.1. The number of para-hydroxylation sites is 1. The summed E-state index contributed by atoms with van der Waals surface area (Å²) in [6.07, 6.45) is 4.45. The van der Waals surface area contributed by atoms with Crippen LogP contribution >= 0.6 is 23.5 Å². The number of thioether (sulfide) groups is 2. The molecule has 172 valence electrons. The van der Waals surface area contributed by atoms with E-state index >= 15 is 0 Å². The quantitative estimate of drug-likeness (QED) is 0.339. The van der Waals surface area contributed by atoms with E-state index in [0.717, 1.165) is 40.6 Å². The molecule has 6 nitrogen and oxygen atoms in total. The van der Waals surface area contributed by atoms with Crippen LogP contribution in [0.15, 0.2) is 83.1 Å². The van der Waals surface area contributed by atoms with E-state index in [4.69, 9.17) is 0 Å². The molecular weight excluding hydrogens is 462 g/mol. The summed E-state index contributed by atoms with van der Waals surface area (Å²) < 4.78 is 2.01. The van der Waals surface area contributed by atoms with Crippen molar-refractivity contribution in [2.75, 3.05) is 17.2 Å². The predicted octanol–water partition coefficient (Wildman–Crippen LogP) is 5.65. The first-order valence-corrected chi connectivity index (χ1v) is 13.1. The number of hydrogen-bond acceptors (Lipinski definition) is 6. The molecule has 0 radical (unpaired) electrons. The van der Waals surface area contributed by atoms with Gasteiger partial charge in [-0.15, -0.1) is 22.0 Å². The van der Waals surface area contributed by atoms with Gasteiger partial charge in [0.05, 0.1) is 11.4 Å². The molecular formula is C26H25N5OS2. The van der Waals surface area contributed by atoms with Crippen molar-refractivity contribution in [2.45, 2.75) is 35.6 Å². The Hall–Kier alpha value is -3.10. The molecule has 4 aromatic rings. The molecule has 2 aromatic carbocycles. The SMILES string of the molecule is Cc1ccc(-n2c(SCC(=O)N3CC[C@@H](C)Sc4ccccc43)nnc2-c2ccncc2)cc1. The van der Waals surface area contributed by atoms with Gasteiger partial charge in [-0.3, -0.25) is 14.3 Å². The maximum atomic E-state index is 13.4. The Morgan fingerprint density at radius 3 is 2.62 bits per heavy atom. The van der Waals surface area contributed by atoms with Gasteiger partial charge in [-0.05, 0) is 49.7 Å². The zero-order valence-corrected chi connectivity index (χ0v) is 20.7. The summed E-state index contributed by atoms with van der Waals surface area (Å²) in [6, 6.07) is 20.3. The number of aromatic nitrogens is 4. The van der Waals surface area contributed by atoms with Gasteiger partial charge in [0.1, 0.15) is 0 Å². The number of rotatable bonds is 5. The van der Waals surface area contributed by atoms with Crippen LogP contribution in [0.5, 0.6) is 0 Å². The second kappa shape index (κ2) is 10.0. The van der Waals surface area contributed by atoms with E-state index in [1.54, 1.807) is 12.4 Å². The molecule has 3 heterocycles. The number of nitrogens with zero attached hydrogens (tertiary/aromatic N) is 5. The predicted molar refractivity (Wildman–Crippen MR) is 139 cm³/mol. The van der Waals surface area contributed by atoms with E-state index in [2.05, 4.69) is 59.4 Å². The molecule has 1 aliphatic rings. The molecule has 1 aliphatic heterocycles. The van der Waals surface area contributed by atoms with Gasteiger partial charge in [0.15, 0.2) is 11.0 Å². The maximum Gasteiger partial charge on any atom is 0.237 e. The summed E-state index contributed by atoms with van der Waals surface area (Å²) in [5.74, 6) is 1.09. The Labute approximate surface area is 207 Å². The highest BCUT2D eigenvalue weighted by Gasteiger charge is 2.25. The first-order chi connectivity index (χ1) is 16.6. The molecule has 1 amide bonds. The van der Waals surface area contributed by atoms with E-state index in [-0.39, 0.29) is 11.7 Å². The fraction of sp³-hybridized carbons (Fsp3) is 0.231. The van der Waals surface area contributed by atoms with Gasteiger partial charge in [0, 0.05) is 40.3 Å². The number of carbonyl (C=O) groups excluding carboxylic acids is 1. The smallest absolute Gasteiger partial charge is 0.237 e. The van der Waals surface area contributed by atoms with Gasteiger partial charge < -0.3 is 4.90 Å². The minimum atomic E-state index is 0.0797. The molecule has 0 bridgehead atoms. The molecule has 0 aliphatic carbocycles. The maximum absolute atomic E-state index is 13.4. The third-order valence-corrected chi connectivity index (χ3v) is 7.88. The molecule has 0 N–H and O–H groups in total. The average molecular weight is 488 g/mol. The molecule has 0 fully saturated rings. The van der Waals surface area contributed by atoms with Crippen LogP contribution in [0, 0.1) is 6.92 Å². The van der Waals surface area contributed by atoms with E-state index < -0.39 is 0 Å². The van der Waals surface area contributed by atoms with Crippen molar-refractivity contribution in [1.29, 1.82) is 0 Å². The van der Waals surface area contributed by atoms with Gasteiger partial charge in [-0.1, -0.05) is 48.5 Å². The molecule has 2 aromatic heterocycles. The second-order valence-electron chi connectivity index (χ2n) is 8.23. The number of hydrogen-bond donors (Lipinski definition) is 0. The Balaban J connectivity index is 1.43. The number of anilines is 1. The van der Waals surface area contributed by atoms with E-state index in [0.29, 0.717) is 10.4 Å². The third kappa shape index (κ3) is 4.74. The van der Waals surface area contributed by atoms with E-state index in [1.165, 1.54) is 17.3 Å². The normalized spacial score (nSPS) is 15.6. The van der Waals surface area contributed by atoms with Gasteiger partial charge in [0.25, 0.3) is 0 Å². The van der Waals surface area contributed by atoms with Gasteiger partial charge in [-0.25, -0.2) is 0 Å². The van der Waals surface area contributed by atoms with Crippen LogP contribution in [-0.4, -0.2) is 43.2 Å². The lowest BCUT2D eigenvalue weighted by Crippen LogP contribution is -2.33. The van der Waals surface area contributed by atoms with Gasteiger partial charge in [-0.2, -0.15) is 0 Å². The Kier molecular flexibility index (Phi) is 6.69. The van der Waals surface area contributed by atoms with E-state index in [1.807, 2.05) is 51.6 Å². The largest absolute Gasteiger partial charge is 0.311 e. The Morgan fingerprint density at radius 2 is 1.82 bits per heavy atom. The second-order valence-corrected chi connectivity index (χ2v) is 10.7. The lowest BCUT2D eigenvalue weighted by molar-refractivity contribution is -0.116. The Morgan fingerprint density at radius 1 is 1.06 bits per heavy atom. The van der Waals surface area contributed by atoms with Crippen LogP contribution in [0.25, 0.3) is 17.1 Å². The van der Waals surface area contributed by atoms with Crippen LogP contribution in [0.2, 0.25) is 0 Å². The van der Waals surface area contributed by atoms with Crippen LogP contribution < -0.4 is 4.90 Å². The number of benzene rings is 2. The number of fused-ring (bicyclic) bond motifs is 1. The van der Waals surface area contributed by atoms with Gasteiger partial charge in [0.2, 0.25) is 5.91 Å². The van der Waals surface area contributed by atoms with Crippen LogP contribution in [-0.2, 0) is 4.79 Å². The molecule has 0 saturated carbocycles. The van der Waals surface area contributed by atoms with Crippen molar-refractivity contribution in [3.05, 3.63) is 78.6 Å². The fourth-order valence-corrected chi connectivity index (χ4v) is 5.87. The first-order valence-electron chi connectivity index (χ1n) is 11.2. The summed E-state index contributed by atoms with van der Waals surface area (Å²) in [5.41, 5.74) is 4.06. The number of carbonyl (C=O) groups is 1. The molecule has 0 unspecified atom stereocenters. The van der Waals surface area contributed by atoms with Crippen LogP contribution in [0.1, 0.15) is 18.9 Å². The summed E-state index contributed by atoms with van der Waals surface area (Å²) in [7, 11) is 0. The lowest BCUT2D eigenvalue weighted by atomic mass is 10.2. The summed E-state index contributed by atoms with van der Waals surface area (Å²) in [6.45, 7) is 5.00. The highest BCUT2D eigenvalue weighted by molar-refractivity contribution is 8.00. The molecule has 0 saturated heterocycles. The number of pyridine rings is 1. The highest BCUT2D eigenvalue weighted by Crippen LogP contribution is 2.38. The monoisotopic (exact) mass is 487 g/mol. The Bertz CT molecular complexity index is 1290. The first kappa shape index (κ1) is 22.7.